The van der Waals surface area contributed by atoms with Crippen LogP contribution in [0.5, 0.6) is 0 Å². The van der Waals surface area contributed by atoms with Gasteiger partial charge in [0, 0.05) is 16.6 Å². The molecule has 2 aromatic heterocycles. The average molecular weight is 269 g/mol. The van der Waals surface area contributed by atoms with Crippen molar-refractivity contribution < 1.29 is 0 Å². The second kappa shape index (κ2) is 4.98. The molecule has 6 heteroatoms. The van der Waals surface area contributed by atoms with E-state index in [2.05, 4.69) is 20.3 Å². The van der Waals surface area contributed by atoms with Crippen molar-refractivity contribution in [3.8, 4) is 0 Å². The Labute approximate surface area is 109 Å². The molecule has 2 rings (SSSR count). The Kier molecular flexibility index (Phi) is 3.59. The SMILES string of the molecule is Cc1cnc(C(C)Nc2ncnc(Cl)c2C)s1. The third-order valence-electron chi connectivity index (χ3n) is 2.39. The molecule has 0 saturated carbocycles. The molecular formula is C11H13ClN4S. The lowest BCUT2D eigenvalue weighted by Crippen LogP contribution is -2.09. The maximum atomic E-state index is 5.94. The second-order valence-corrected chi connectivity index (χ2v) is 5.44. The molecule has 0 aliphatic rings. The summed E-state index contributed by atoms with van der Waals surface area (Å²) in [6.07, 6.45) is 3.33. The van der Waals surface area contributed by atoms with Gasteiger partial charge in [0.25, 0.3) is 0 Å². The molecule has 4 nitrogen and oxygen atoms in total. The Bertz CT molecular complexity index is 526. The number of nitrogens with one attached hydrogen (secondary N) is 1. The molecule has 0 bridgehead atoms. The third kappa shape index (κ3) is 2.73. The number of anilines is 1. The predicted octanol–water partition coefficient (Wildman–Crippen LogP) is 3.38. The topological polar surface area (TPSA) is 50.7 Å². The lowest BCUT2D eigenvalue weighted by Gasteiger charge is -2.13. The van der Waals surface area contributed by atoms with E-state index in [1.807, 2.05) is 27.0 Å². The summed E-state index contributed by atoms with van der Waals surface area (Å²) >= 11 is 7.62. The van der Waals surface area contributed by atoms with Crippen molar-refractivity contribution in [3.05, 3.63) is 33.1 Å². The van der Waals surface area contributed by atoms with E-state index >= 15 is 0 Å². The second-order valence-electron chi connectivity index (χ2n) is 3.81. The minimum atomic E-state index is 0.110. The van der Waals surface area contributed by atoms with E-state index in [4.69, 9.17) is 11.6 Å². The molecule has 0 fully saturated rings. The monoisotopic (exact) mass is 268 g/mol. The van der Waals surface area contributed by atoms with Gasteiger partial charge in [0.2, 0.25) is 0 Å². The molecule has 0 aliphatic carbocycles. The molecule has 1 unspecified atom stereocenters. The highest BCUT2D eigenvalue weighted by molar-refractivity contribution is 7.11. The fourth-order valence-electron chi connectivity index (χ4n) is 1.41. The maximum absolute atomic E-state index is 5.94. The molecule has 0 amide bonds. The average Bonchev–Trinajstić information content (AvgIpc) is 2.72. The Morgan fingerprint density at radius 3 is 2.71 bits per heavy atom. The van der Waals surface area contributed by atoms with Crippen molar-refractivity contribution in [2.45, 2.75) is 26.8 Å². The molecule has 0 spiro atoms. The summed E-state index contributed by atoms with van der Waals surface area (Å²) in [5, 5.41) is 4.81. The van der Waals surface area contributed by atoms with Crippen LogP contribution in [-0.4, -0.2) is 15.0 Å². The number of aromatic nitrogens is 3. The lowest BCUT2D eigenvalue weighted by molar-refractivity contribution is 0.855. The van der Waals surface area contributed by atoms with E-state index < -0.39 is 0 Å². The van der Waals surface area contributed by atoms with Crippen molar-refractivity contribution in [1.29, 1.82) is 0 Å². The molecule has 2 heterocycles. The van der Waals surface area contributed by atoms with Crippen molar-refractivity contribution in [1.82, 2.24) is 15.0 Å². The van der Waals surface area contributed by atoms with Crippen molar-refractivity contribution in [2.75, 3.05) is 5.32 Å². The highest BCUT2D eigenvalue weighted by Crippen LogP contribution is 2.25. The van der Waals surface area contributed by atoms with Crippen molar-refractivity contribution in [3.63, 3.8) is 0 Å². The Morgan fingerprint density at radius 2 is 2.06 bits per heavy atom. The Morgan fingerprint density at radius 1 is 1.29 bits per heavy atom. The van der Waals surface area contributed by atoms with E-state index in [0.29, 0.717) is 5.15 Å². The van der Waals surface area contributed by atoms with E-state index in [1.165, 1.54) is 11.2 Å². The zero-order valence-corrected chi connectivity index (χ0v) is 11.4. The van der Waals surface area contributed by atoms with Gasteiger partial charge in [-0.05, 0) is 20.8 Å². The zero-order chi connectivity index (χ0) is 12.4. The van der Waals surface area contributed by atoms with E-state index in [9.17, 15) is 0 Å². The van der Waals surface area contributed by atoms with Crippen LogP contribution >= 0.6 is 22.9 Å². The summed E-state index contributed by atoms with van der Waals surface area (Å²) in [6.45, 7) is 5.99. The summed E-state index contributed by atoms with van der Waals surface area (Å²) in [4.78, 5) is 13.7. The van der Waals surface area contributed by atoms with Gasteiger partial charge >= 0.3 is 0 Å². The predicted molar refractivity (Wildman–Crippen MR) is 70.7 cm³/mol. The quantitative estimate of drug-likeness (QED) is 0.867. The lowest BCUT2D eigenvalue weighted by atomic mass is 10.3. The van der Waals surface area contributed by atoms with E-state index in [-0.39, 0.29) is 6.04 Å². The van der Waals surface area contributed by atoms with Gasteiger partial charge in [-0.2, -0.15) is 0 Å². The molecule has 0 saturated heterocycles. The van der Waals surface area contributed by atoms with Crippen LogP contribution in [0.2, 0.25) is 5.15 Å². The molecule has 1 N–H and O–H groups in total. The van der Waals surface area contributed by atoms with Crippen LogP contribution in [0.15, 0.2) is 12.5 Å². The largest absolute Gasteiger partial charge is 0.361 e. The van der Waals surface area contributed by atoms with Gasteiger partial charge in [-0.15, -0.1) is 11.3 Å². The Balaban J connectivity index is 2.18. The van der Waals surface area contributed by atoms with E-state index in [0.717, 1.165) is 16.4 Å². The van der Waals surface area contributed by atoms with Gasteiger partial charge < -0.3 is 5.32 Å². The third-order valence-corrected chi connectivity index (χ3v) is 3.86. The summed E-state index contributed by atoms with van der Waals surface area (Å²) in [5.74, 6) is 0.755. The van der Waals surface area contributed by atoms with Crippen LogP contribution in [0.3, 0.4) is 0 Å². The van der Waals surface area contributed by atoms with Crippen LogP contribution in [0, 0.1) is 13.8 Å². The first-order valence-corrected chi connectivity index (χ1v) is 6.43. The number of hydrogen-bond acceptors (Lipinski definition) is 5. The fourth-order valence-corrected chi connectivity index (χ4v) is 2.32. The normalized spacial score (nSPS) is 12.5. The number of halogens is 1. The molecule has 0 radical (unpaired) electrons. The van der Waals surface area contributed by atoms with Crippen LogP contribution in [0.25, 0.3) is 0 Å². The number of aryl methyl sites for hydroxylation is 1. The van der Waals surface area contributed by atoms with Crippen molar-refractivity contribution in [2.24, 2.45) is 0 Å². The molecule has 1 atom stereocenters. The van der Waals surface area contributed by atoms with Crippen LogP contribution < -0.4 is 5.32 Å². The zero-order valence-electron chi connectivity index (χ0n) is 9.86. The molecule has 2 aromatic rings. The van der Waals surface area contributed by atoms with Gasteiger partial charge in [0.05, 0.1) is 6.04 Å². The first-order valence-electron chi connectivity index (χ1n) is 5.24. The summed E-state index contributed by atoms with van der Waals surface area (Å²) in [6, 6.07) is 0.110. The number of rotatable bonds is 3. The minimum absolute atomic E-state index is 0.110. The van der Waals surface area contributed by atoms with Crippen LogP contribution in [0.1, 0.15) is 28.4 Å². The summed E-state index contributed by atoms with van der Waals surface area (Å²) in [5.41, 5.74) is 0.856. The van der Waals surface area contributed by atoms with Gasteiger partial charge in [-0.1, -0.05) is 11.6 Å². The molecule has 17 heavy (non-hydrogen) atoms. The van der Waals surface area contributed by atoms with Crippen LogP contribution in [0.4, 0.5) is 5.82 Å². The summed E-state index contributed by atoms with van der Waals surface area (Å²) in [7, 11) is 0. The smallest absolute Gasteiger partial charge is 0.137 e. The molecule has 0 aromatic carbocycles. The van der Waals surface area contributed by atoms with E-state index in [1.54, 1.807) is 11.3 Å². The molecular weight excluding hydrogens is 256 g/mol. The first-order chi connectivity index (χ1) is 8.08. The maximum Gasteiger partial charge on any atom is 0.137 e. The fraction of sp³-hybridized carbons (Fsp3) is 0.364. The molecule has 0 aliphatic heterocycles. The highest BCUT2D eigenvalue weighted by atomic mass is 35.5. The van der Waals surface area contributed by atoms with Gasteiger partial charge in [-0.25, -0.2) is 15.0 Å². The van der Waals surface area contributed by atoms with Crippen molar-refractivity contribution >= 4 is 28.8 Å². The van der Waals surface area contributed by atoms with Crippen LogP contribution in [-0.2, 0) is 0 Å². The standard InChI is InChI=1S/C11H13ClN4S/c1-6-4-13-11(17-6)8(3)16-10-7(2)9(12)14-5-15-10/h4-5,8H,1-3H3,(H,14,15,16). The number of hydrogen-bond donors (Lipinski definition) is 1. The highest BCUT2D eigenvalue weighted by Gasteiger charge is 2.12. The summed E-state index contributed by atoms with van der Waals surface area (Å²) < 4.78 is 0. The van der Waals surface area contributed by atoms with Gasteiger partial charge in [0.15, 0.2) is 0 Å². The minimum Gasteiger partial charge on any atom is -0.361 e. The van der Waals surface area contributed by atoms with Gasteiger partial charge in [-0.3, -0.25) is 0 Å². The van der Waals surface area contributed by atoms with Gasteiger partial charge in [0.1, 0.15) is 22.3 Å². The Hall–Kier alpha value is -1.20. The number of thiazole rings is 1. The molecule has 90 valence electrons. The first kappa shape index (κ1) is 12.3. The number of nitrogens with zero attached hydrogens (tertiary/aromatic N) is 3.